The van der Waals surface area contributed by atoms with Gasteiger partial charge in [0.2, 0.25) is 0 Å². The maximum absolute atomic E-state index is 13.5. The van der Waals surface area contributed by atoms with Gasteiger partial charge in [0.25, 0.3) is 0 Å². The summed E-state index contributed by atoms with van der Waals surface area (Å²) in [4.78, 5) is 5.14. The van der Waals surface area contributed by atoms with Crippen LogP contribution >= 0.6 is 22.9 Å². The van der Waals surface area contributed by atoms with Crippen molar-refractivity contribution in [1.82, 2.24) is 10.3 Å². The zero-order valence-corrected chi connectivity index (χ0v) is 17.5. The Kier molecular flexibility index (Phi) is 4.77. The van der Waals surface area contributed by atoms with Crippen molar-refractivity contribution in [2.75, 3.05) is 19.0 Å². The van der Waals surface area contributed by atoms with Crippen molar-refractivity contribution in [3.05, 3.63) is 40.2 Å². The molecule has 6 nitrogen and oxygen atoms in total. The average Bonchev–Trinajstić information content (AvgIpc) is 3.03. The van der Waals surface area contributed by atoms with Gasteiger partial charge in [0.15, 0.2) is 9.84 Å². The van der Waals surface area contributed by atoms with E-state index >= 15 is 0 Å². The van der Waals surface area contributed by atoms with Gasteiger partial charge in [-0.1, -0.05) is 11.6 Å². The van der Waals surface area contributed by atoms with Gasteiger partial charge in [-0.15, -0.1) is 11.3 Å². The number of amidine groups is 1. The minimum absolute atomic E-state index is 0.0111. The zero-order valence-electron chi connectivity index (χ0n) is 15.1. The molecule has 2 fully saturated rings. The van der Waals surface area contributed by atoms with E-state index in [0.29, 0.717) is 33.6 Å². The first kappa shape index (κ1) is 19.8. The molecule has 2 N–H and O–H groups in total. The third-order valence-corrected chi connectivity index (χ3v) is 10.0. The summed E-state index contributed by atoms with van der Waals surface area (Å²) in [6.45, 7) is 2.36. The summed E-state index contributed by atoms with van der Waals surface area (Å²) in [5.41, 5.74) is -0.475. The minimum atomic E-state index is -3.62. The summed E-state index contributed by atoms with van der Waals surface area (Å²) < 4.78 is 44.1. The SMILES string of the molecule is C[C@@]1(c2sc(-c3cncc(F)c3)cc2Cl)CS(=O)(=O)C2(CCOCC2)C(=N)N1. The third kappa shape index (κ3) is 3.04. The molecule has 0 bridgehead atoms. The number of rotatable bonds is 2. The van der Waals surface area contributed by atoms with Crippen LogP contribution in [0.1, 0.15) is 24.6 Å². The Bertz CT molecular complexity index is 1050. The predicted molar refractivity (Wildman–Crippen MR) is 107 cm³/mol. The second-order valence-electron chi connectivity index (χ2n) is 7.38. The van der Waals surface area contributed by atoms with Crippen LogP contribution in [0.4, 0.5) is 4.39 Å². The fourth-order valence-corrected chi connectivity index (χ4v) is 8.04. The summed E-state index contributed by atoms with van der Waals surface area (Å²) in [5.74, 6) is -0.650. The number of hydrogen-bond donors (Lipinski definition) is 2. The van der Waals surface area contributed by atoms with Crippen molar-refractivity contribution in [1.29, 1.82) is 5.41 Å². The molecule has 28 heavy (non-hydrogen) atoms. The van der Waals surface area contributed by atoms with E-state index in [0.717, 1.165) is 6.20 Å². The fraction of sp³-hybridized carbons (Fsp3) is 0.444. The lowest BCUT2D eigenvalue weighted by molar-refractivity contribution is 0.0862. The molecule has 0 aromatic carbocycles. The van der Waals surface area contributed by atoms with Crippen LogP contribution in [0, 0.1) is 11.2 Å². The van der Waals surface area contributed by atoms with Crippen LogP contribution in [0.25, 0.3) is 10.4 Å². The highest BCUT2D eigenvalue weighted by molar-refractivity contribution is 7.93. The number of nitrogens with one attached hydrogen (secondary N) is 2. The Morgan fingerprint density at radius 1 is 1.32 bits per heavy atom. The maximum atomic E-state index is 13.5. The standard InChI is InChI=1S/C18H19ClFN3O3S2/c1-17(10-28(24,25)18(16(21)23-17)2-4-26-5-3-18)15-13(19)7-14(27-15)11-6-12(20)9-22-8-11/h6-9H,2-5,10H2,1H3,(H2,21,23)/t17-/m0/s1. The highest BCUT2D eigenvalue weighted by Gasteiger charge is 2.57. The van der Waals surface area contributed by atoms with Crippen LogP contribution in [-0.4, -0.2) is 43.0 Å². The number of halogens is 2. The molecule has 2 saturated heterocycles. The average molecular weight is 444 g/mol. The first-order valence-electron chi connectivity index (χ1n) is 8.75. The Hall–Kier alpha value is -1.55. The maximum Gasteiger partial charge on any atom is 0.166 e. The second kappa shape index (κ2) is 6.76. The van der Waals surface area contributed by atoms with Crippen LogP contribution in [0.3, 0.4) is 0 Å². The Labute approximate surface area is 171 Å². The van der Waals surface area contributed by atoms with E-state index in [-0.39, 0.29) is 24.4 Å². The van der Waals surface area contributed by atoms with Crippen LogP contribution in [-0.2, 0) is 20.1 Å². The lowest BCUT2D eigenvalue weighted by Gasteiger charge is -2.47. The van der Waals surface area contributed by atoms with Crippen molar-refractivity contribution >= 4 is 38.6 Å². The van der Waals surface area contributed by atoms with Gasteiger partial charge in [-0.05, 0) is 31.9 Å². The molecule has 2 aromatic heterocycles. The molecule has 0 radical (unpaired) electrons. The lowest BCUT2D eigenvalue weighted by atomic mass is 9.93. The molecule has 0 aliphatic carbocycles. The summed E-state index contributed by atoms with van der Waals surface area (Å²) in [5, 5.41) is 12.0. The van der Waals surface area contributed by atoms with Crippen LogP contribution in [0.5, 0.6) is 0 Å². The van der Waals surface area contributed by atoms with E-state index < -0.39 is 25.9 Å². The van der Waals surface area contributed by atoms with Gasteiger partial charge in [-0.3, -0.25) is 10.4 Å². The lowest BCUT2D eigenvalue weighted by Crippen LogP contribution is -2.67. The monoisotopic (exact) mass is 443 g/mol. The number of nitrogens with zero attached hydrogens (tertiary/aromatic N) is 1. The molecule has 1 atom stereocenters. The Morgan fingerprint density at radius 2 is 2.04 bits per heavy atom. The first-order chi connectivity index (χ1) is 13.2. The van der Waals surface area contributed by atoms with E-state index in [1.807, 2.05) is 0 Å². The normalized spacial score (nSPS) is 26.2. The summed E-state index contributed by atoms with van der Waals surface area (Å²) in [6.07, 6.45) is 3.19. The quantitative estimate of drug-likeness (QED) is 0.742. The van der Waals surface area contributed by atoms with Gasteiger partial charge in [0, 0.05) is 34.7 Å². The molecule has 2 aromatic rings. The van der Waals surface area contributed by atoms with Crippen molar-refractivity contribution in [3.8, 4) is 10.4 Å². The van der Waals surface area contributed by atoms with Crippen LogP contribution in [0.2, 0.25) is 5.02 Å². The highest BCUT2D eigenvalue weighted by atomic mass is 35.5. The van der Waals surface area contributed by atoms with Gasteiger partial charge in [-0.2, -0.15) is 0 Å². The highest BCUT2D eigenvalue weighted by Crippen LogP contribution is 2.45. The number of sulfone groups is 1. The summed E-state index contributed by atoms with van der Waals surface area (Å²) in [7, 11) is -3.62. The summed E-state index contributed by atoms with van der Waals surface area (Å²) >= 11 is 7.72. The van der Waals surface area contributed by atoms with Crippen LogP contribution < -0.4 is 5.32 Å². The number of aromatic nitrogens is 1. The van der Waals surface area contributed by atoms with E-state index in [1.54, 1.807) is 13.0 Å². The first-order valence-corrected chi connectivity index (χ1v) is 11.6. The summed E-state index contributed by atoms with van der Waals surface area (Å²) in [6, 6.07) is 3.03. The van der Waals surface area contributed by atoms with E-state index in [2.05, 4.69) is 10.3 Å². The minimum Gasteiger partial charge on any atom is -0.381 e. The van der Waals surface area contributed by atoms with Gasteiger partial charge < -0.3 is 10.1 Å². The zero-order chi connectivity index (χ0) is 20.2. The Morgan fingerprint density at radius 3 is 2.68 bits per heavy atom. The van der Waals surface area contributed by atoms with E-state index in [1.165, 1.54) is 23.6 Å². The second-order valence-corrected chi connectivity index (χ2v) is 11.1. The van der Waals surface area contributed by atoms with Crippen LogP contribution in [0.15, 0.2) is 24.5 Å². The van der Waals surface area contributed by atoms with Gasteiger partial charge in [0.05, 0.1) is 22.5 Å². The van der Waals surface area contributed by atoms with Gasteiger partial charge >= 0.3 is 0 Å². The molecule has 0 saturated carbocycles. The van der Waals surface area contributed by atoms with Crippen molar-refractivity contribution in [2.45, 2.75) is 30.1 Å². The number of hydrogen-bond acceptors (Lipinski definition) is 6. The molecular formula is C18H19ClFN3O3S2. The molecule has 0 amide bonds. The van der Waals surface area contributed by atoms with E-state index in [9.17, 15) is 12.8 Å². The van der Waals surface area contributed by atoms with Crippen molar-refractivity contribution in [3.63, 3.8) is 0 Å². The van der Waals surface area contributed by atoms with E-state index in [4.69, 9.17) is 21.7 Å². The molecule has 4 rings (SSSR count). The number of ether oxygens (including phenoxy) is 1. The smallest absolute Gasteiger partial charge is 0.166 e. The number of pyridine rings is 1. The van der Waals surface area contributed by atoms with Gasteiger partial charge in [-0.25, -0.2) is 12.8 Å². The van der Waals surface area contributed by atoms with Gasteiger partial charge in [0.1, 0.15) is 16.4 Å². The molecule has 4 heterocycles. The predicted octanol–water partition coefficient (Wildman–Crippen LogP) is 3.36. The molecule has 150 valence electrons. The third-order valence-electron chi connectivity index (χ3n) is 5.41. The molecule has 10 heteroatoms. The molecule has 2 aliphatic heterocycles. The molecular weight excluding hydrogens is 425 g/mol. The Balaban J connectivity index is 1.73. The topological polar surface area (TPSA) is 92.1 Å². The molecule has 0 unspecified atom stereocenters. The number of thiophene rings is 1. The fourth-order valence-electron chi connectivity index (χ4n) is 3.92. The van der Waals surface area contributed by atoms with Crippen molar-refractivity contribution < 1.29 is 17.5 Å². The molecule has 2 aliphatic rings. The largest absolute Gasteiger partial charge is 0.381 e. The van der Waals surface area contributed by atoms with Crippen molar-refractivity contribution in [2.24, 2.45) is 0 Å². The molecule has 1 spiro atoms.